The van der Waals surface area contributed by atoms with Crippen LogP contribution in [0.3, 0.4) is 0 Å². The van der Waals surface area contributed by atoms with Crippen molar-refractivity contribution in [3.8, 4) is 0 Å². The highest BCUT2D eigenvalue weighted by Crippen LogP contribution is 2.13. The normalized spacial score (nSPS) is 11.4. The van der Waals surface area contributed by atoms with Crippen LogP contribution in [0.2, 0.25) is 0 Å². The smallest absolute Gasteiger partial charge is 0.122 e. The third-order valence-electron chi connectivity index (χ3n) is 3.07. The van der Waals surface area contributed by atoms with E-state index in [1.165, 1.54) is 5.56 Å². The summed E-state index contributed by atoms with van der Waals surface area (Å²) in [5.74, 6) is 1.68. The van der Waals surface area contributed by atoms with Crippen LogP contribution in [0.1, 0.15) is 25.2 Å². The number of furan rings is 1. The predicted molar refractivity (Wildman–Crippen MR) is 82.6 cm³/mol. The van der Waals surface area contributed by atoms with Crippen LogP contribution in [0.15, 0.2) is 29.4 Å². The third-order valence-corrected chi connectivity index (χ3v) is 3.07. The second kappa shape index (κ2) is 9.75. The molecule has 0 fully saturated rings. The summed E-state index contributed by atoms with van der Waals surface area (Å²) in [7, 11) is 1.72. The van der Waals surface area contributed by atoms with E-state index in [9.17, 15) is 0 Å². The Kier molecular flexibility index (Phi) is 8.26. The number of nitrogens with one attached hydrogen (secondary N) is 1. The molecule has 0 saturated heterocycles. The van der Waals surface area contributed by atoms with Gasteiger partial charge in [-0.1, -0.05) is 19.9 Å². The Morgan fingerprint density at radius 1 is 1.50 bits per heavy atom. The molecule has 0 aromatic carbocycles. The Morgan fingerprint density at radius 2 is 2.30 bits per heavy atom. The van der Waals surface area contributed by atoms with Crippen LogP contribution in [-0.2, 0) is 17.8 Å². The molecule has 1 N–H and O–H groups in total. The van der Waals surface area contributed by atoms with Crippen LogP contribution in [-0.4, -0.2) is 38.3 Å². The molecule has 0 spiro atoms. The average Bonchev–Trinajstić information content (AvgIpc) is 2.83. The monoisotopic (exact) mass is 280 g/mol. The van der Waals surface area contributed by atoms with Crippen molar-refractivity contribution in [2.75, 3.05) is 33.4 Å². The lowest BCUT2D eigenvalue weighted by Crippen LogP contribution is -2.28. The molecule has 0 amide bonds. The van der Waals surface area contributed by atoms with Gasteiger partial charge in [0.2, 0.25) is 0 Å². The molecule has 0 unspecified atom stereocenters. The summed E-state index contributed by atoms with van der Waals surface area (Å²) < 4.78 is 10.8. The van der Waals surface area contributed by atoms with Crippen molar-refractivity contribution < 1.29 is 9.15 Å². The SMILES string of the molecule is C=CCN(CCOC)Cc1occc1CNCC(C)C. The lowest BCUT2D eigenvalue weighted by molar-refractivity contribution is 0.146. The van der Waals surface area contributed by atoms with E-state index in [-0.39, 0.29) is 0 Å². The van der Waals surface area contributed by atoms with E-state index in [0.717, 1.165) is 45.1 Å². The molecule has 1 aromatic heterocycles. The number of hydrogen-bond acceptors (Lipinski definition) is 4. The van der Waals surface area contributed by atoms with Gasteiger partial charge in [0.25, 0.3) is 0 Å². The quantitative estimate of drug-likeness (QED) is 0.632. The van der Waals surface area contributed by atoms with Gasteiger partial charge in [-0.2, -0.15) is 0 Å². The Bertz CT molecular complexity index is 374. The van der Waals surface area contributed by atoms with Crippen molar-refractivity contribution >= 4 is 0 Å². The molecule has 4 heteroatoms. The Morgan fingerprint density at radius 3 is 2.95 bits per heavy atom. The highest BCUT2D eigenvalue weighted by atomic mass is 16.5. The Balaban J connectivity index is 2.52. The first kappa shape index (κ1) is 17.0. The molecule has 0 bridgehead atoms. The molecule has 0 aliphatic heterocycles. The first-order valence-corrected chi connectivity index (χ1v) is 7.25. The van der Waals surface area contributed by atoms with Gasteiger partial charge in [-0.15, -0.1) is 6.58 Å². The van der Waals surface area contributed by atoms with E-state index in [4.69, 9.17) is 9.15 Å². The summed E-state index contributed by atoms with van der Waals surface area (Å²) in [6, 6.07) is 2.05. The molecule has 1 aromatic rings. The predicted octanol–water partition coefficient (Wildman–Crippen LogP) is 2.66. The molecular weight excluding hydrogens is 252 g/mol. The van der Waals surface area contributed by atoms with Crippen LogP contribution in [0.25, 0.3) is 0 Å². The van der Waals surface area contributed by atoms with E-state index in [0.29, 0.717) is 5.92 Å². The van der Waals surface area contributed by atoms with Gasteiger partial charge in [-0.05, 0) is 18.5 Å². The van der Waals surface area contributed by atoms with E-state index in [2.05, 4.69) is 30.6 Å². The number of nitrogens with zero attached hydrogens (tertiary/aromatic N) is 1. The topological polar surface area (TPSA) is 37.6 Å². The molecule has 1 heterocycles. The van der Waals surface area contributed by atoms with Gasteiger partial charge in [0.15, 0.2) is 0 Å². The summed E-state index contributed by atoms with van der Waals surface area (Å²) in [4.78, 5) is 2.27. The number of methoxy groups -OCH3 is 1. The molecule has 0 radical (unpaired) electrons. The highest BCUT2D eigenvalue weighted by Gasteiger charge is 2.11. The molecule has 20 heavy (non-hydrogen) atoms. The van der Waals surface area contributed by atoms with Gasteiger partial charge in [-0.3, -0.25) is 4.90 Å². The first-order valence-electron chi connectivity index (χ1n) is 7.25. The first-order chi connectivity index (χ1) is 9.67. The van der Waals surface area contributed by atoms with E-state index >= 15 is 0 Å². The van der Waals surface area contributed by atoms with Gasteiger partial charge >= 0.3 is 0 Å². The highest BCUT2D eigenvalue weighted by molar-refractivity contribution is 5.17. The van der Waals surface area contributed by atoms with Crippen LogP contribution in [0, 0.1) is 5.92 Å². The molecule has 0 aliphatic carbocycles. The fraction of sp³-hybridized carbons (Fsp3) is 0.625. The fourth-order valence-corrected chi connectivity index (χ4v) is 2.00. The average molecular weight is 280 g/mol. The molecule has 4 nitrogen and oxygen atoms in total. The minimum absolute atomic E-state index is 0.657. The van der Waals surface area contributed by atoms with Crippen molar-refractivity contribution in [1.29, 1.82) is 0 Å². The van der Waals surface area contributed by atoms with Gasteiger partial charge in [0.1, 0.15) is 5.76 Å². The minimum atomic E-state index is 0.657. The standard InChI is InChI=1S/C16H28N2O2/c1-5-7-18(8-10-19-4)13-16-15(6-9-20-16)12-17-11-14(2)3/h5-6,9,14,17H,1,7-8,10-13H2,2-4H3. The summed E-state index contributed by atoms with van der Waals surface area (Å²) >= 11 is 0. The van der Waals surface area contributed by atoms with Gasteiger partial charge < -0.3 is 14.5 Å². The molecule has 0 aliphatic rings. The third kappa shape index (κ3) is 6.37. The van der Waals surface area contributed by atoms with Gasteiger partial charge in [-0.25, -0.2) is 0 Å². The van der Waals surface area contributed by atoms with Crippen LogP contribution in [0.4, 0.5) is 0 Å². The maximum Gasteiger partial charge on any atom is 0.122 e. The Labute approximate surface area is 122 Å². The number of hydrogen-bond donors (Lipinski definition) is 1. The fourth-order valence-electron chi connectivity index (χ4n) is 2.00. The minimum Gasteiger partial charge on any atom is -0.468 e. The summed E-state index contributed by atoms with van der Waals surface area (Å²) in [6.07, 6.45) is 3.68. The zero-order chi connectivity index (χ0) is 14.8. The number of rotatable bonds is 11. The molecule has 0 saturated carbocycles. The zero-order valence-electron chi connectivity index (χ0n) is 13.0. The summed E-state index contributed by atoms with van der Waals surface area (Å²) in [5, 5.41) is 3.45. The number of ether oxygens (including phenoxy) is 1. The molecular formula is C16H28N2O2. The Hall–Kier alpha value is -1.10. The van der Waals surface area contributed by atoms with Gasteiger partial charge in [0, 0.05) is 32.3 Å². The van der Waals surface area contributed by atoms with Crippen molar-refractivity contribution in [3.05, 3.63) is 36.3 Å². The van der Waals surface area contributed by atoms with Crippen molar-refractivity contribution in [2.24, 2.45) is 5.92 Å². The van der Waals surface area contributed by atoms with Crippen LogP contribution < -0.4 is 5.32 Å². The summed E-state index contributed by atoms with van der Waals surface area (Å²) in [6.45, 7) is 13.3. The second-order valence-corrected chi connectivity index (χ2v) is 5.41. The molecule has 1 rings (SSSR count). The van der Waals surface area contributed by atoms with Crippen LogP contribution in [0.5, 0.6) is 0 Å². The second-order valence-electron chi connectivity index (χ2n) is 5.41. The largest absolute Gasteiger partial charge is 0.468 e. The van der Waals surface area contributed by atoms with Gasteiger partial charge in [0.05, 0.1) is 19.4 Å². The van der Waals surface area contributed by atoms with Crippen molar-refractivity contribution in [1.82, 2.24) is 10.2 Å². The van der Waals surface area contributed by atoms with E-state index < -0.39 is 0 Å². The molecule has 0 atom stereocenters. The lowest BCUT2D eigenvalue weighted by atomic mass is 10.2. The van der Waals surface area contributed by atoms with E-state index in [1.54, 1.807) is 13.4 Å². The lowest BCUT2D eigenvalue weighted by Gasteiger charge is -2.19. The maximum atomic E-state index is 5.62. The van der Waals surface area contributed by atoms with Crippen LogP contribution >= 0.6 is 0 Å². The van der Waals surface area contributed by atoms with Crippen molar-refractivity contribution in [2.45, 2.75) is 26.9 Å². The summed E-state index contributed by atoms with van der Waals surface area (Å²) in [5.41, 5.74) is 1.23. The maximum absolute atomic E-state index is 5.62. The zero-order valence-corrected chi connectivity index (χ0v) is 13.0. The van der Waals surface area contributed by atoms with Crippen molar-refractivity contribution in [3.63, 3.8) is 0 Å². The molecule has 114 valence electrons. The van der Waals surface area contributed by atoms with E-state index in [1.807, 2.05) is 12.1 Å².